The zero-order valence-corrected chi connectivity index (χ0v) is 16.4. The number of carbonyl (C=O) groups excluding carboxylic acids is 2. The van der Waals surface area contributed by atoms with E-state index in [1.165, 1.54) is 10.8 Å². The van der Waals surface area contributed by atoms with E-state index in [9.17, 15) is 9.59 Å². The Balaban J connectivity index is 1.36. The number of benzene rings is 3. The molecule has 0 spiro atoms. The van der Waals surface area contributed by atoms with Gasteiger partial charge in [0.1, 0.15) is 0 Å². The monoisotopic (exact) mass is 387 g/mol. The summed E-state index contributed by atoms with van der Waals surface area (Å²) in [4.78, 5) is 24.8. The van der Waals surface area contributed by atoms with Gasteiger partial charge in [0, 0.05) is 12.1 Å². The molecule has 1 aliphatic carbocycles. The maximum absolute atomic E-state index is 12.5. The number of para-hydroxylation sites is 1. The zero-order chi connectivity index (χ0) is 20.2. The van der Waals surface area contributed by atoms with E-state index >= 15 is 0 Å². The summed E-state index contributed by atoms with van der Waals surface area (Å²) in [6.45, 7) is 2.20. The van der Waals surface area contributed by atoms with Gasteiger partial charge in [0.2, 0.25) is 5.91 Å². The van der Waals surface area contributed by atoms with Gasteiger partial charge >= 0.3 is 0 Å². The second kappa shape index (κ2) is 8.45. The topological polar surface area (TPSA) is 70.2 Å². The lowest BCUT2D eigenvalue weighted by atomic mass is 10.0. The lowest BCUT2D eigenvalue weighted by molar-refractivity contribution is -0.115. The van der Waals surface area contributed by atoms with Gasteiger partial charge < -0.3 is 16.0 Å². The fourth-order valence-corrected chi connectivity index (χ4v) is 3.32. The highest BCUT2D eigenvalue weighted by molar-refractivity contribution is 6.04. The third kappa shape index (κ3) is 4.81. The lowest BCUT2D eigenvalue weighted by Crippen LogP contribution is -2.31. The quantitative estimate of drug-likeness (QED) is 0.573. The minimum Gasteiger partial charge on any atom is -0.349 e. The van der Waals surface area contributed by atoms with Crippen LogP contribution in [-0.4, -0.2) is 24.4 Å². The van der Waals surface area contributed by atoms with Gasteiger partial charge in [0.25, 0.3) is 5.91 Å². The molecule has 0 saturated heterocycles. The van der Waals surface area contributed by atoms with E-state index in [-0.39, 0.29) is 30.4 Å². The van der Waals surface area contributed by atoms with Crippen molar-refractivity contribution in [2.24, 2.45) is 0 Å². The van der Waals surface area contributed by atoms with Gasteiger partial charge in [-0.2, -0.15) is 0 Å². The summed E-state index contributed by atoms with van der Waals surface area (Å²) < 4.78 is 0. The summed E-state index contributed by atoms with van der Waals surface area (Å²) in [7, 11) is 0. The van der Waals surface area contributed by atoms with E-state index < -0.39 is 0 Å². The zero-order valence-electron chi connectivity index (χ0n) is 16.4. The van der Waals surface area contributed by atoms with Crippen molar-refractivity contribution in [3.63, 3.8) is 0 Å². The number of carbonyl (C=O) groups is 2. The average Bonchev–Trinajstić information content (AvgIpc) is 3.56. The average molecular weight is 387 g/mol. The Morgan fingerprint density at radius 3 is 2.48 bits per heavy atom. The molecule has 5 heteroatoms. The van der Waals surface area contributed by atoms with Gasteiger partial charge in [-0.1, -0.05) is 48.5 Å². The predicted octanol–water partition coefficient (Wildman–Crippen LogP) is 4.02. The Kier molecular flexibility index (Phi) is 5.58. The molecule has 0 heterocycles. The summed E-state index contributed by atoms with van der Waals surface area (Å²) in [5.41, 5.74) is 2.16. The SMILES string of the molecule is C[C@@H](NCC(=O)Nc1ccccc1C(=O)NC1CC1)c1ccc2ccccc2c1. The molecule has 0 aromatic heterocycles. The minimum absolute atomic E-state index is 0.0266. The van der Waals surface area contributed by atoms with Crippen LogP contribution in [0.2, 0.25) is 0 Å². The molecule has 3 aromatic carbocycles. The van der Waals surface area contributed by atoms with Crippen LogP contribution in [0.5, 0.6) is 0 Å². The van der Waals surface area contributed by atoms with Crippen LogP contribution in [0.15, 0.2) is 66.7 Å². The first-order valence-electron chi connectivity index (χ1n) is 10.0. The van der Waals surface area contributed by atoms with Crippen LogP contribution in [-0.2, 0) is 4.79 Å². The molecule has 0 unspecified atom stereocenters. The maximum atomic E-state index is 12.5. The summed E-state index contributed by atoms with van der Waals surface area (Å²) in [6, 6.07) is 21.9. The Morgan fingerprint density at radius 2 is 1.69 bits per heavy atom. The third-order valence-electron chi connectivity index (χ3n) is 5.20. The number of amides is 2. The lowest BCUT2D eigenvalue weighted by Gasteiger charge is -2.16. The maximum Gasteiger partial charge on any atom is 0.253 e. The second-order valence-electron chi connectivity index (χ2n) is 7.55. The van der Waals surface area contributed by atoms with E-state index in [0.29, 0.717) is 11.3 Å². The van der Waals surface area contributed by atoms with E-state index in [1.807, 2.05) is 25.1 Å². The minimum atomic E-state index is -0.177. The Bertz CT molecular complexity index is 1040. The molecule has 29 heavy (non-hydrogen) atoms. The van der Waals surface area contributed by atoms with E-state index in [0.717, 1.165) is 18.4 Å². The summed E-state index contributed by atoms with van der Waals surface area (Å²) in [5.74, 6) is -0.315. The van der Waals surface area contributed by atoms with Crippen molar-refractivity contribution in [2.75, 3.05) is 11.9 Å². The molecule has 4 rings (SSSR count). The van der Waals surface area contributed by atoms with E-state index in [1.54, 1.807) is 18.2 Å². The predicted molar refractivity (Wildman–Crippen MR) is 116 cm³/mol. The van der Waals surface area contributed by atoms with Gasteiger partial charge in [0.05, 0.1) is 17.8 Å². The van der Waals surface area contributed by atoms with Crippen LogP contribution in [0.3, 0.4) is 0 Å². The van der Waals surface area contributed by atoms with Crippen LogP contribution in [0.4, 0.5) is 5.69 Å². The van der Waals surface area contributed by atoms with Crippen molar-refractivity contribution in [1.29, 1.82) is 0 Å². The molecule has 148 valence electrons. The van der Waals surface area contributed by atoms with Gasteiger partial charge in [0.15, 0.2) is 0 Å². The van der Waals surface area contributed by atoms with E-state index in [4.69, 9.17) is 0 Å². The molecule has 1 fully saturated rings. The van der Waals surface area contributed by atoms with Crippen molar-refractivity contribution in [1.82, 2.24) is 10.6 Å². The van der Waals surface area contributed by atoms with Gasteiger partial charge in [-0.05, 0) is 54.3 Å². The molecule has 3 aromatic rings. The highest BCUT2D eigenvalue weighted by Crippen LogP contribution is 2.22. The van der Waals surface area contributed by atoms with E-state index in [2.05, 4.69) is 46.3 Å². The first kappa shape index (κ1) is 19.2. The molecule has 1 atom stereocenters. The summed E-state index contributed by atoms with van der Waals surface area (Å²) >= 11 is 0. The molecule has 0 aliphatic heterocycles. The highest BCUT2D eigenvalue weighted by Gasteiger charge is 2.25. The van der Waals surface area contributed by atoms with Crippen molar-refractivity contribution < 1.29 is 9.59 Å². The van der Waals surface area contributed by atoms with Crippen molar-refractivity contribution in [3.05, 3.63) is 77.9 Å². The molecule has 0 radical (unpaired) electrons. The molecular formula is C24H25N3O2. The number of fused-ring (bicyclic) bond motifs is 1. The van der Waals surface area contributed by atoms with Crippen LogP contribution < -0.4 is 16.0 Å². The number of rotatable bonds is 7. The summed E-state index contributed by atoms with van der Waals surface area (Å²) in [5, 5.41) is 11.5. The van der Waals surface area contributed by atoms with Crippen molar-refractivity contribution >= 4 is 28.3 Å². The third-order valence-corrected chi connectivity index (χ3v) is 5.20. The fraction of sp³-hybridized carbons (Fsp3) is 0.250. The Morgan fingerprint density at radius 1 is 0.966 bits per heavy atom. The van der Waals surface area contributed by atoms with Gasteiger partial charge in [-0.15, -0.1) is 0 Å². The molecule has 1 saturated carbocycles. The van der Waals surface area contributed by atoms with Crippen LogP contribution in [0.1, 0.15) is 41.7 Å². The Hall–Kier alpha value is -3.18. The molecule has 0 bridgehead atoms. The smallest absolute Gasteiger partial charge is 0.253 e. The number of anilines is 1. The number of hydrogen-bond acceptors (Lipinski definition) is 3. The first-order chi connectivity index (χ1) is 14.1. The van der Waals surface area contributed by atoms with Crippen molar-refractivity contribution in [3.8, 4) is 0 Å². The first-order valence-corrected chi connectivity index (χ1v) is 10.0. The van der Waals surface area contributed by atoms with Crippen molar-refractivity contribution in [2.45, 2.75) is 31.8 Å². The molecule has 2 amide bonds. The number of nitrogens with one attached hydrogen (secondary N) is 3. The van der Waals surface area contributed by atoms with Crippen LogP contribution in [0.25, 0.3) is 10.8 Å². The molecule has 5 nitrogen and oxygen atoms in total. The molecule has 1 aliphatic rings. The fourth-order valence-electron chi connectivity index (χ4n) is 3.32. The Labute approximate surface area is 170 Å². The normalized spacial score (nSPS) is 14.4. The van der Waals surface area contributed by atoms with Gasteiger partial charge in [-0.3, -0.25) is 9.59 Å². The summed E-state index contributed by atoms with van der Waals surface area (Å²) in [6.07, 6.45) is 2.05. The standard InChI is InChI=1S/C24H25N3O2/c1-16(18-11-10-17-6-2-3-7-19(17)14-18)25-15-23(28)27-22-9-5-4-8-21(22)24(29)26-20-12-13-20/h2-11,14,16,20,25H,12-13,15H2,1H3,(H,26,29)(H,27,28)/t16-/m1/s1. The van der Waals surface area contributed by atoms with Gasteiger partial charge in [-0.25, -0.2) is 0 Å². The second-order valence-corrected chi connectivity index (χ2v) is 7.55. The molecule has 3 N–H and O–H groups in total. The largest absolute Gasteiger partial charge is 0.349 e. The highest BCUT2D eigenvalue weighted by atomic mass is 16.2. The van der Waals surface area contributed by atoms with Crippen LogP contribution >= 0.6 is 0 Å². The number of hydrogen-bond donors (Lipinski definition) is 3. The molecular weight excluding hydrogens is 362 g/mol. The van der Waals surface area contributed by atoms with Crippen LogP contribution in [0, 0.1) is 0 Å².